The highest BCUT2D eigenvalue weighted by Gasteiger charge is 2.34. The summed E-state index contributed by atoms with van der Waals surface area (Å²) in [5.74, 6) is 1.56. The Morgan fingerprint density at radius 3 is 2.47 bits per heavy atom. The fourth-order valence-electron chi connectivity index (χ4n) is 3.29. The summed E-state index contributed by atoms with van der Waals surface area (Å²) < 4.78 is 12.5. The molecule has 0 bridgehead atoms. The van der Waals surface area contributed by atoms with Gasteiger partial charge in [0.1, 0.15) is 18.1 Å². The van der Waals surface area contributed by atoms with Crippen molar-refractivity contribution in [2.24, 2.45) is 0 Å². The highest BCUT2D eigenvalue weighted by molar-refractivity contribution is 9.10. The van der Waals surface area contributed by atoms with E-state index < -0.39 is 0 Å². The number of rotatable bonds is 8. The minimum Gasteiger partial charge on any atom is -0.491 e. The highest BCUT2D eigenvalue weighted by Crippen LogP contribution is 2.34. The first kappa shape index (κ1) is 24.4. The van der Waals surface area contributed by atoms with E-state index in [1.165, 1.54) is 4.90 Å². The Labute approximate surface area is 202 Å². The zero-order chi connectivity index (χ0) is 23.4. The van der Waals surface area contributed by atoms with Gasteiger partial charge in [0.05, 0.1) is 22.0 Å². The summed E-state index contributed by atoms with van der Waals surface area (Å²) in [5.41, 5.74) is 3.03. The molecule has 1 fully saturated rings. The van der Waals surface area contributed by atoms with E-state index in [1.54, 1.807) is 6.08 Å². The molecule has 1 aliphatic heterocycles. The largest absolute Gasteiger partial charge is 0.491 e. The Kier molecular flexibility index (Phi) is 8.06. The molecule has 0 saturated carbocycles. The number of hydrogen-bond donors (Lipinski definition) is 0. The van der Waals surface area contributed by atoms with Crippen LogP contribution in [0.25, 0.3) is 6.08 Å². The highest BCUT2D eigenvalue weighted by atomic mass is 79.9. The summed E-state index contributed by atoms with van der Waals surface area (Å²) in [5, 5.41) is -0.281. The molecule has 2 aromatic rings. The number of hydrogen-bond acceptors (Lipinski definition) is 5. The maximum absolute atomic E-state index is 12.8. The van der Waals surface area contributed by atoms with Crippen LogP contribution in [0, 0.1) is 6.92 Å². The zero-order valence-corrected chi connectivity index (χ0v) is 21.4. The second kappa shape index (κ2) is 10.6. The zero-order valence-electron chi connectivity index (χ0n) is 19.0. The molecule has 32 heavy (non-hydrogen) atoms. The maximum atomic E-state index is 12.8. The predicted molar refractivity (Wildman–Crippen MR) is 133 cm³/mol. The molecular weight excluding hydrogens is 490 g/mol. The third kappa shape index (κ3) is 5.95. The SMILES string of the molecule is Cc1ccc(C(C)C)c(OCCN2C(=O)S/C(=C\c3ccc(OC(C)C)c(Br)c3)C2=O)c1. The average molecular weight is 518 g/mol. The first-order chi connectivity index (χ1) is 15.2. The lowest BCUT2D eigenvalue weighted by Gasteiger charge is -2.17. The second-order valence-electron chi connectivity index (χ2n) is 8.23. The Morgan fingerprint density at radius 2 is 1.81 bits per heavy atom. The topological polar surface area (TPSA) is 55.8 Å². The number of ether oxygens (including phenoxy) is 2. The van der Waals surface area contributed by atoms with Gasteiger partial charge < -0.3 is 9.47 Å². The van der Waals surface area contributed by atoms with Crippen molar-refractivity contribution in [2.75, 3.05) is 13.2 Å². The quantitative estimate of drug-likeness (QED) is 0.361. The van der Waals surface area contributed by atoms with Crippen molar-refractivity contribution in [2.45, 2.75) is 46.6 Å². The van der Waals surface area contributed by atoms with Crippen molar-refractivity contribution in [3.63, 3.8) is 0 Å². The van der Waals surface area contributed by atoms with Crippen LogP contribution in [0.4, 0.5) is 4.79 Å². The minimum absolute atomic E-state index is 0.0623. The first-order valence-corrected chi connectivity index (χ1v) is 12.2. The van der Waals surface area contributed by atoms with Crippen molar-refractivity contribution in [1.82, 2.24) is 4.90 Å². The molecule has 0 aliphatic carbocycles. The van der Waals surface area contributed by atoms with Crippen LogP contribution in [-0.4, -0.2) is 35.3 Å². The lowest BCUT2D eigenvalue weighted by Crippen LogP contribution is -2.32. The van der Waals surface area contributed by atoms with Crippen LogP contribution >= 0.6 is 27.7 Å². The summed E-state index contributed by atoms with van der Waals surface area (Å²) in [6.07, 6.45) is 1.79. The lowest BCUT2D eigenvalue weighted by atomic mass is 10.0. The molecule has 0 unspecified atom stereocenters. The van der Waals surface area contributed by atoms with E-state index in [-0.39, 0.29) is 30.4 Å². The number of imide groups is 1. The smallest absolute Gasteiger partial charge is 0.293 e. The molecule has 170 valence electrons. The Balaban J connectivity index is 1.66. The Bertz CT molecular complexity index is 1050. The molecule has 5 nitrogen and oxygen atoms in total. The van der Waals surface area contributed by atoms with Crippen LogP contribution < -0.4 is 9.47 Å². The van der Waals surface area contributed by atoms with E-state index in [0.29, 0.717) is 10.8 Å². The third-order valence-corrected chi connectivity index (χ3v) is 6.38. The van der Waals surface area contributed by atoms with Crippen molar-refractivity contribution >= 4 is 44.9 Å². The van der Waals surface area contributed by atoms with Crippen LogP contribution in [-0.2, 0) is 4.79 Å². The van der Waals surface area contributed by atoms with E-state index in [1.807, 2.05) is 45.0 Å². The fraction of sp³-hybridized carbons (Fsp3) is 0.360. The fourth-order valence-corrected chi connectivity index (χ4v) is 4.65. The number of amides is 2. The van der Waals surface area contributed by atoms with Crippen LogP contribution in [0.15, 0.2) is 45.8 Å². The number of thioether (sulfide) groups is 1. The van der Waals surface area contributed by atoms with Gasteiger partial charge in [-0.3, -0.25) is 14.5 Å². The van der Waals surface area contributed by atoms with E-state index in [2.05, 4.69) is 41.9 Å². The van der Waals surface area contributed by atoms with Crippen molar-refractivity contribution in [1.29, 1.82) is 0 Å². The lowest BCUT2D eigenvalue weighted by molar-refractivity contribution is -0.123. The molecule has 0 spiro atoms. The minimum atomic E-state index is -0.296. The summed E-state index contributed by atoms with van der Waals surface area (Å²) in [4.78, 5) is 26.9. The number of nitrogens with zero attached hydrogens (tertiary/aromatic N) is 1. The van der Waals surface area contributed by atoms with Gasteiger partial charge in [0.2, 0.25) is 0 Å². The molecule has 7 heteroatoms. The van der Waals surface area contributed by atoms with Crippen molar-refractivity contribution in [3.05, 3.63) is 62.5 Å². The Morgan fingerprint density at radius 1 is 1.06 bits per heavy atom. The molecule has 3 rings (SSSR count). The van der Waals surface area contributed by atoms with Gasteiger partial charge in [-0.2, -0.15) is 0 Å². The van der Waals surface area contributed by atoms with Gasteiger partial charge in [0.25, 0.3) is 11.1 Å². The molecule has 2 amide bonds. The summed E-state index contributed by atoms with van der Waals surface area (Å²) in [6.45, 7) is 10.6. The predicted octanol–water partition coefficient (Wildman–Crippen LogP) is 6.78. The van der Waals surface area contributed by atoms with E-state index in [0.717, 1.165) is 44.4 Å². The molecule has 1 heterocycles. The molecular formula is C25H28BrNO4S. The van der Waals surface area contributed by atoms with Gasteiger partial charge in [-0.15, -0.1) is 0 Å². The standard InChI is InChI=1S/C25H28BrNO4S/c1-15(2)19-8-6-17(5)12-22(19)30-11-10-27-24(28)23(32-25(27)29)14-18-7-9-21(20(26)13-18)31-16(3)4/h6-9,12-16H,10-11H2,1-5H3/b23-14-. The number of carbonyl (C=O) groups is 2. The van der Waals surface area contributed by atoms with Crippen LogP contribution in [0.5, 0.6) is 11.5 Å². The van der Waals surface area contributed by atoms with Crippen LogP contribution in [0.3, 0.4) is 0 Å². The van der Waals surface area contributed by atoms with Gasteiger partial charge in [-0.25, -0.2) is 0 Å². The molecule has 0 radical (unpaired) electrons. The number of carbonyl (C=O) groups excluding carboxylic acids is 2. The summed E-state index contributed by atoms with van der Waals surface area (Å²) in [6, 6.07) is 11.7. The Hall–Kier alpha value is -2.25. The van der Waals surface area contributed by atoms with Gasteiger partial charge >= 0.3 is 0 Å². The molecule has 0 N–H and O–H groups in total. The average Bonchev–Trinajstić information content (AvgIpc) is 2.97. The molecule has 1 saturated heterocycles. The van der Waals surface area contributed by atoms with Gasteiger partial charge in [0, 0.05) is 0 Å². The first-order valence-electron chi connectivity index (χ1n) is 10.6. The monoisotopic (exact) mass is 517 g/mol. The van der Waals surface area contributed by atoms with E-state index in [4.69, 9.17) is 9.47 Å². The molecule has 2 aromatic carbocycles. The maximum Gasteiger partial charge on any atom is 0.293 e. The normalized spacial score (nSPS) is 15.4. The molecule has 0 atom stereocenters. The molecule has 0 aromatic heterocycles. The summed E-state index contributed by atoms with van der Waals surface area (Å²) in [7, 11) is 0. The van der Waals surface area contributed by atoms with E-state index >= 15 is 0 Å². The van der Waals surface area contributed by atoms with Gasteiger partial charge in [-0.05, 0) is 95.3 Å². The third-order valence-electron chi connectivity index (χ3n) is 4.85. The van der Waals surface area contributed by atoms with Gasteiger partial charge in [0.15, 0.2) is 0 Å². The number of halogens is 1. The molecule has 1 aliphatic rings. The van der Waals surface area contributed by atoms with Gasteiger partial charge in [-0.1, -0.05) is 32.0 Å². The van der Waals surface area contributed by atoms with Crippen molar-refractivity contribution in [3.8, 4) is 11.5 Å². The number of benzene rings is 2. The summed E-state index contributed by atoms with van der Waals surface area (Å²) >= 11 is 4.45. The van der Waals surface area contributed by atoms with Crippen molar-refractivity contribution < 1.29 is 19.1 Å². The second-order valence-corrected chi connectivity index (χ2v) is 10.1. The van der Waals surface area contributed by atoms with Crippen LogP contribution in [0.1, 0.15) is 50.3 Å². The van der Waals surface area contributed by atoms with Crippen LogP contribution in [0.2, 0.25) is 0 Å². The van der Waals surface area contributed by atoms with E-state index in [9.17, 15) is 9.59 Å². The number of aryl methyl sites for hydroxylation is 1.